The van der Waals surface area contributed by atoms with Crippen LogP contribution in [0.1, 0.15) is 30.9 Å². The van der Waals surface area contributed by atoms with Gasteiger partial charge in [-0.05, 0) is 53.0 Å². The van der Waals surface area contributed by atoms with Crippen molar-refractivity contribution in [3.63, 3.8) is 0 Å². The van der Waals surface area contributed by atoms with E-state index < -0.39 is 0 Å². The molecule has 0 aliphatic rings. The number of hydrogen-bond donors (Lipinski definition) is 3. The van der Waals surface area contributed by atoms with Crippen LogP contribution in [0.3, 0.4) is 0 Å². The normalized spacial score (nSPS) is 12.5. The van der Waals surface area contributed by atoms with Gasteiger partial charge in [0.25, 0.3) is 0 Å². The monoisotopic (exact) mass is 302 g/mol. The summed E-state index contributed by atoms with van der Waals surface area (Å²) in [5, 5.41) is 9.69. The summed E-state index contributed by atoms with van der Waals surface area (Å²) in [5.41, 5.74) is 12.5. The van der Waals surface area contributed by atoms with Gasteiger partial charge in [0.15, 0.2) is 11.5 Å². The second-order valence-electron chi connectivity index (χ2n) is 3.94. The van der Waals surface area contributed by atoms with E-state index in [-0.39, 0.29) is 11.8 Å². The van der Waals surface area contributed by atoms with E-state index in [9.17, 15) is 5.11 Å². The first-order valence-electron chi connectivity index (χ1n) is 5.62. The summed E-state index contributed by atoms with van der Waals surface area (Å²) in [6.07, 6.45) is 2.85. The average molecular weight is 303 g/mol. The maximum atomic E-state index is 9.69. The fourth-order valence-electron chi connectivity index (χ4n) is 1.64. The summed E-state index contributed by atoms with van der Waals surface area (Å²) in [6, 6.07) is 3.53. The summed E-state index contributed by atoms with van der Waals surface area (Å²) in [6.45, 7) is 0.690. The lowest BCUT2D eigenvalue weighted by Crippen LogP contribution is -2.11. The van der Waals surface area contributed by atoms with Crippen LogP contribution in [0.5, 0.6) is 11.5 Å². The lowest BCUT2D eigenvalue weighted by atomic mass is 10.0. The molecule has 0 aromatic heterocycles. The Morgan fingerprint density at radius 1 is 1.41 bits per heavy atom. The second kappa shape index (κ2) is 6.83. The molecule has 0 heterocycles. The molecule has 1 aromatic carbocycles. The Hall–Kier alpha value is -0.780. The molecule has 1 aromatic rings. The van der Waals surface area contributed by atoms with E-state index in [1.54, 1.807) is 6.07 Å². The number of nitrogens with two attached hydrogens (primary N) is 2. The van der Waals surface area contributed by atoms with E-state index in [4.69, 9.17) is 16.2 Å². The molecular weight excluding hydrogens is 284 g/mol. The first-order chi connectivity index (χ1) is 8.10. The minimum absolute atomic E-state index is 0.0626. The van der Waals surface area contributed by atoms with Gasteiger partial charge < -0.3 is 21.3 Å². The summed E-state index contributed by atoms with van der Waals surface area (Å²) < 4.78 is 5.68. The highest BCUT2D eigenvalue weighted by Crippen LogP contribution is 2.37. The van der Waals surface area contributed by atoms with E-state index in [0.717, 1.165) is 24.8 Å². The molecule has 4 nitrogen and oxygen atoms in total. The molecular formula is C12H19BrN2O2. The van der Waals surface area contributed by atoms with Crippen LogP contribution in [-0.4, -0.2) is 18.8 Å². The van der Waals surface area contributed by atoms with Gasteiger partial charge in [0.1, 0.15) is 0 Å². The smallest absolute Gasteiger partial charge is 0.172 e. The Bertz CT molecular complexity index is 372. The van der Waals surface area contributed by atoms with Crippen molar-refractivity contribution in [2.75, 3.05) is 13.7 Å². The number of unbranched alkanes of at least 4 members (excludes halogenated alkanes) is 1. The number of methoxy groups -OCH3 is 1. The molecule has 0 aliphatic heterocycles. The Balaban J connectivity index is 2.79. The van der Waals surface area contributed by atoms with Crippen LogP contribution in [0, 0.1) is 0 Å². The standard InChI is InChI=1S/C12H19BrN2O2/c1-17-11-7-8(6-9(13)12(11)16)10(15)4-2-3-5-14/h6-7,10,16H,2-5,14-15H2,1H3/t10-/m1/s1. The van der Waals surface area contributed by atoms with Gasteiger partial charge in [-0.1, -0.05) is 6.42 Å². The third kappa shape index (κ3) is 3.87. The predicted molar refractivity (Wildman–Crippen MR) is 72.2 cm³/mol. The van der Waals surface area contributed by atoms with Crippen LogP contribution in [0.25, 0.3) is 0 Å². The van der Waals surface area contributed by atoms with Gasteiger partial charge in [0.2, 0.25) is 0 Å². The van der Waals surface area contributed by atoms with Crippen molar-refractivity contribution in [3.8, 4) is 11.5 Å². The first kappa shape index (κ1) is 14.3. The maximum absolute atomic E-state index is 9.69. The van der Waals surface area contributed by atoms with Crippen LogP contribution < -0.4 is 16.2 Å². The number of rotatable bonds is 6. The molecule has 0 saturated heterocycles. The number of ether oxygens (including phenoxy) is 1. The third-order valence-electron chi connectivity index (χ3n) is 2.67. The summed E-state index contributed by atoms with van der Waals surface area (Å²) in [5.74, 6) is 0.536. The maximum Gasteiger partial charge on any atom is 0.172 e. The van der Waals surface area contributed by atoms with Gasteiger partial charge in [-0.15, -0.1) is 0 Å². The van der Waals surface area contributed by atoms with Crippen LogP contribution in [0.15, 0.2) is 16.6 Å². The lowest BCUT2D eigenvalue weighted by Gasteiger charge is -2.14. The number of benzene rings is 1. The summed E-state index contributed by atoms with van der Waals surface area (Å²) in [7, 11) is 1.52. The van der Waals surface area contributed by atoms with Gasteiger partial charge in [0, 0.05) is 6.04 Å². The molecule has 5 N–H and O–H groups in total. The van der Waals surface area contributed by atoms with Crippen molar-refractivity contribution >= 4 is 15.9 Å². The Labute approximate surface area is 110 Å². The SMILES string of the molecule is COc1cc([C@H](N)CCCCN)cc(Br)c1O. The molecule has 0 radical (unpaired) electrons. The van der Waals surface area contributed by atoms with Crippen molar-refractivity contribution in [1.29, 1.82) is 0 Å². The average Bonchev–Trinajstić information content (AvgIpc) is 2.32. The number of phenolic OH excluding ortho intramolecular Hbond substituents is 1. The fourth-order valence-corrected chi connectivity index (χ4v) is 2.10. The summed E-state index contributed by atoms with van der Waals surface area (Å²) in [4.78, 5) is 0. The number of hydrogen-bond acceptors (Lipinski definition) is 4. The molecule has 0 aliphatic carbocycles. The van der Waals surface area contributed by atoms with Crippen molar-refractivity contribution < 1.29 is 9.84 Å². The molecule has 0 spiro atoms. The first-order valence-corrected chi connectivity index (χ1v) is 6.41. The zero-order valence-electron chi connectivity index (χ0n) is 9.95. The molecule has 0 unspecified atom stereocenters. The van der Waals surface area contributed by atoms with Gasteiger partial charge in [-0.25, -0.2) is 0 Å². The number of phenols is 1. The van der Waals surface area contributed by atoms with Crippen LogP contribution in [-0.2, 0) is 0 Å². The van der Waals surface area contributed by atoms with E-state index in [0.29, 0.717) is 16.8 Å². The predicted octanol–water partition coefficient (Wildman–Crippen LogP) is 2.29. The highest BCUT2D eigenvalue weighted by Gasteiger charge is 2.13. The largest absolute Gasteiger partial charge is 0.503 e. The van der Waals surface area contributed by atoms with Crippen molar-refractivity contribution in [3.05, 3.63) is 22.2 Å². The molecule has 1 rings (SSSR count). The fraction of sp³-hybridized carbons (Fsp3) is 0.500. The minimum atomic E-state index is -0.0626. The molecule has 0 fully saturated rings. The van der Waals surface area contributed by atoms with Crippen molar-refractivity contribution in [1.82, 2.24) is 0 Å². The van der Waals surface area contributed by atoms with Crippen LogP contribution >= 0.6 is 15.9 Å². The molecule has 0 amide bonds. The van der Waals surface area contributed by atoms with E-state index in [2.05, 4.69) is 15.9 Å². The topological polar surface area (TPSA) is 81.5 Å². The van der Waals surface area contributed by atoms with Gasteiger partial charge >= 0.3 is 0 Å². The second-order valence-corrected chi connectivity index (χ2v) is 4.80. The Morgan fingerprint density at radius 2 is 2.12 bits per heavy atom. The lowest BCUT2D eigenvalue weighted by molar-refractivity contribution is 0.370. The van der Waals surface area contributed by atoms with Gasteiger partial charge in [-0.3, -0.25) is 0 Å². The minimum Gasteiger partial charge on any atom is -0.503 e. The highest BCUT2D eigenvalue weighted by atomic mass is 79.9. The van der Waals surface area contributed by atoms with Crippen LogP contribution in [0.2, 0.25) is 0 Å². The highest BCUT2D eigenvalue weighted by molar-refractivity contribution is 9.10. The molecule has 0 bridgehead atoms. The summed E-state index contributed by atoms with van der Waals surface area (Å²) >= 11 is 3.28. The van der Waals surface area contributed by atoms with Crippen molar-refractivity contribution in [2.24, 2.45) is 11.5 Å². The quantitative estimate of drug-likeness (QED) is 0.704. The number of halogens is 1. The molecule has 0 saturated carbocycles. The molecule has 1 atom stereocenters. The van der Waals surface area contributed by atoms with Gasteiger partial charge in [0.05, 0.1) is 11.6 Å². The van der Waals surface area contributed by atoms with E-state index >= 15 is 0 Å². The zero-order valence-corrected chi connectivity index (χ0v) is 11.5. The molecule has 96 valence electrons. The third-order valence-corrected chi connectivity index (χ3v) is 3.27. The molecule has 5 heteroatoms. The van der Waals surface area contributed by atoms with E-state index in [1.165, 1.54) is 7.11 Å². The zero-order chi connectivity index (χ0) is 12.8. The Kier molecular flexibility index (Phi) is 5.74. The van der Waals surface area contributed by atoms with Crippen LogP contribution in [0.4, 0.5) is 0 Å². The van der Waals surface area contributed by atoms with Crippen molar-refractivity contribution in [2.45, 2.75) is 25.3 Å². The molecule has 17 heavy (non-hydrogen) atoms. The number of aromatic hydroxyl groups is 1. The van der Waals surface area contributed by atoms with Gasteiger partial charge in [-0.2, -0.15) is 0 Å². The van der Waals surface area contributed by atoms with E-state index in [1.807, 2.05) is 6.07 Å². The Morgan fingerprint density at radius 3 is 2.71 bits per heavy atom.